The van der Waals surface area contributed by atoms with Crippen LogP contribution in [0.15, 0.2) is 53.9 Å². The zero-order chi connectivity index (χ0) is 18.9. The quantitative estimate of drug-likeness (QED) is 0.607. The maximum absolute atomic E-state index is 12.6. The number of nitrogens with one attached hydrogen (secondary N) is 1. The number of carbonyl (C=O) groups excluding carboxylic acids is 1. The predicted octanol–water partition coefficient (Wildman–Crippen LogP) is 4.62. The van der Waals surface area contributed by atoms with Crippen molar-refractivity contribution in [2.75, 3.05) is 11.9 Å². The van der Waals surface area contributed by atoms with Gasteiger partial charge in [0.1, 0.15) is 12.4 Å². The Morgan fingerprint density at radius 2 is 2.04 bits per heavy atom. The van der Waals surface area contributed by atoms with Gasteiger partial charge in [-0.25, -0.2) is 4.98 Å². The highest BCUT2D eigenvalue weighted by Crippen LogP contribution is 2.35. The number of carbonyl (C=O) groups is 1. The molecule has 1 amide bonds. The molecule has 0 radical (unpaired) electrons. The first kappa shape index (κ1) is 17.4. The molecule has 0 spiro atoms. The fraction of sp³-hybridized carbons (Fsp3) is 0.273. The van der Waals surface area contributed by atoms with Gasteiger partial charge in [-0.05, 0) is 54.8 Å². The fourth-order valence-corrected chi connectivity index (χ4v) is 4.71. The number of rotatable bonds is 0. The Balaban J connectivity index is 1.53. The molecule has 5 rings (SSSR count). The second-order valence-electron chi connectivity index (χ2n) is 7.30. The van der Waals surface area contributed by atoms with Crippen molar-refractivity contribution >= 4 is 22.4 Å². The highest BCUT2D eigenvalue weighted by atomic mass is 32.1. The van der Waals surface area contributed by atoms with Crippen LogP contribution < -0.4 is 10.1 Å². The predicted molar refractivity (Wildman–Crippen MR) is 110 cm³/mol. The van der Waals surface area contributed by atoms with E-state index in [1.165, 1.54) is 16.9 Å². The molecular weight excluding hydrogens is 370 g/mol. The van der Waals surface area contributed by atoms with E-state index in [9.17, 15) is 4.79 Å². The van der Waals surface area contributed by atoms with Gasteiger partial charge in [0.15, 0.2) is 5.13 Å². The third kappa shape index (κ3) is 3.53. The van der Waals surface area contributed by atoms with Crippen LogP contribution in [0, 0.1) is 0 Å². The Morgan fingerprint density at radius 3 is 3.00 bits per heavy atom. The van der Waals surface area contributed by atoms with Crippen molar-refractivity contribution in [2.24, 2.45) is 0 Å². The lowest BCUT2D eigenvalue weighted by molar-refractivity contribution is 0.102. The first-order valence-corrected chi connectivity index (χ1v) is 10.4. The molecule has 6 bridgehead atoms. The minimum Gasteiger partial charge on any atom is -0.489 e. The lowest BCUT2D eigenvalue weighted by Crippen LogP contribution is -2.23. The van der Waals surface area contributed by atoms with Gasteiger partial charge in [0, 0.05) is 17.5 Å². The van der Waals surface area contributed by atoms with Crippen molar-refractivity contribution in [3.8, 4) is 5.75 Å². The summed E-state index contributed by atoms with van der Waals surface area (Å²) in [5.74, 6) is 0.714. The molecule has 1 N–H and O–H groups in total. The van der Waals surface area contributed by atoms with Crippen LogP contribution in [-0.2, 0) is 13.2 Å². The van der Waals surface area contributed by atoms with Crippen molar-refractivity contribution in [1.82, 2.24) is 9.88 Å². The van der Waals surface area contributed by atoms with E-state index in [0.29, 0.717) is 23.3 Å². The summed E-state index contributed by atoms with van der Waals surface area (Å²) < 4.78 is 6.00. The van der Waals surface area contributed by atoms with Crippen LogP contribution in [0.25, 0.3) is 0 Å². The molecule has 3 heterocycles. The largest absolute Gasteiger partial charge is 0.489 e. The summed E-state index contributed by atoms with van der Waals surface area (Å²) in [7, 11) is 0. The molecule has 2 aliphatic heterocycles. The first-order valence-electron chi connectivity index (χ1n) is 9.56. The second kappa shape index (κ2) is 7.37. The molecule has 1 fully saturated rings. The van der Waals surface area contributed by atoms with Crippen molar-refractivity contribution in [3.63, 3.8) is 0 Å². The van der Waals surface area contributed by atoms with Gasteiger partial charge in [-0.15, -0.1) is 11.3 Å². The van der Waals surface area contributed by atoms with E-state index < -0.39 is 0 Å². The number of ether oxygens (including phenoxy) is 1. The van der Waals surface area contributed by atoms with Crippen molar-refractivity contribution in [3.05, 3.63) is 76.3 Å². The zero-order valence-electron chi connectivity index (χ0n) is 15.4. The van der Waals surface area contributed by atoms with Crippen LogP contribution in [-0.4, -0.2) is 22.3 Å². The van der Waals surface area contributed by atoms with E-state index in [0.717, 1.165) is 42.9 Å². The highest BCUT2D eigenvalue weighted by molar-refractivity contribution is 7.14. The number of aromatic nitrogens is 1. The molecule has 28 heavy (non-hydrogen) atoms. The third-order valence-corrected chi connectivity index (χ3v) is 6.10. The van der Waals surface area contributed by atoms with Gasteiger partial charge in [0.25, 0.3) is 5.91 Å². The SMILES string of the molecule is O=C1Nc2nc(cs2)C2CCCN2Cc2cccc(c2)OCc2cccc1c2. The molecule has 0 saturated carbocycles. The summed E-state index contributed by atoms with van der Waals surface area (Å²) in [6, 6.07) is 16.1. The van der Waals surface area contributed by atoms with E-state index in [-0.39, 0.29) is 5.91 Å². The summed E-state index contributed by atoms with van der Waals surface area (Å²) >= 11 is 1.49. The van der Waals surface area contributed by atoms with Crippen LogP contribution in [0.2, 0.25) is 0 Å². The minimum atomic E-state index is -0.139. The molecular formula is C22H21N3O2S. The standard InChI is InChI=1S/C22H21N3O2S/c26-21-17-6-1-5-16(10-17)13-27-18-7-2-4-15(11-18)12-25-9-3-8-20(25)19-14-28-22(23-19)24-21/h1-2,4-7,10-11,14,20H,3,8-9,12-13H2,(H,23,24,26). The Bertz CT molecular complexity index is 1020. The first-order chi connectivity index (χ1) is 13.7. The van der Waals surface area contributed by atoms with Crippen LogP contribution in [0.4, 0.5) is 5.13 Å². The Hall–Kier alpha value is -2.70. The summed E-state index contributed by atoms with van der Waals surface area (Å²) in [5.41, 5.74) is 3.87. The lowest BCUT2D eigenvalue weighted by atomic mass is 10.1. The Labute approximate surface area is 168 Å². The van der Waals surface area contributed by atoms with Gasteiger partial charge in [-0.2, -0.15) is 0 Å². The summed E-state index contributed by atoms with van der Waals surface area (Å²) in [4.78, 5) is 19.8. The van der Waals surface area contributed by atoms with Gasteiger partial charge in [0.05, 0.1) is 11.7 Å². The van der Waals surface area contributed by atoms with E-state index in [4.69, 9.17) is 9.72 Å². The molecule has 142 valence electrons. The second-order valence-corrected chi connectivity index (χ2v) is 8.15. The molecule has 1 aromatic heterocycles. The van der Waals surface area contributed by atoms with Crippen LogP contribution in [0.5, 0.6) is 5.75 Å². The van der Waals surface area contributed by atoms with Gasteiger partial charge < -0.3 is 4.74 Å². The average molecular weight is 391 g/mol. The molecule has 1 unspecified atom stereocenters. The highest BCUT2D eigenvalue weighted by Gasteiger charge is 2.28. The summed E-state index contributed by atoms with van der Waals surface area (Å²) in [6.45, 7) is 2.36. The van der Waals surface area contributed by atoms with Crippen molar-refractivity contribution < 1.29 is 9.53 Å². The molecule has 0 aliphatic carbocycles. The molecule has 6 heteroatoms. The molecule has 1 saturated heterocycles. The number of anilines is 1. The molecule has 2 aromatic carbocycles. The summed E-state index contributed by atoms with van der Waals surface area (Å²) in [5, 5.41) is 5.68. The number of fused-ring (bicyclic) bond motifs is 8. The van der Waals surface area contributed by atoms with E-state index in [1.54, 1.807) is 0 Å². The van der Waals surface area contributed by atoms with E-state index >= 15 is 0 Å². The third-order valence-electron chi connectivity index (χ3n) is 5.33. The fourth-order valence-electron chi connectivity index (χ4n) is 3.95. The van der Waals surface area contributed by atoms with Crippen molar-refractivity contribution in [1.29, 1.82) is 0 Å². The molecule has 3 aromatic rings. The van der Waals surface area contributed by atoms with E-state index in [1.807, 2.05) is 36.4 Å². The van der Waals surface area contributed by atoms with Crippen LogP contribution in [0.3, 0.4) is 0 Å². The lowest BCUT2D eigenvalue weighted by Gasteiger charge is -2.23. The van der Waals surface area contributed by atoms with Gasteiger partial charge >= 0.3 is 0 Å². The molecule has 5 nitrogen and oxygen atoms in total. The maximum atomic E-state index is 12.6. The number of benzene rings is 2. The van der Waals surface area contributed by atoms with Gasteiger partial charge in [0.2, 0.25) is 0 Å². The monoisotopic (exact) mass is 391 g/mol. The van der Waals surface area contributed by atoms with Crippen LogP contribution >= 0.6 is 11.3 Å². The number of nitrogens with zero attached hydrogens (tertiary/aromatic N) is 2. The Kier molecular flexibility index (Phi) is 4.58. The number of amides is 1. The number of hydrogen-bond acceptors (Lipinski definition) is 5. The zero-order valence-corrected chi connectivity index (χ0v) is 16.2. The summed E-state index contributed by atoms with van der Waals surface area (Å²) in [6.07, 6.45) is 2.25. The topological polar surface area (TPSA) is 54.5 Å². The molecule has 1 atom stereocenters. The molecule has 2 aliphatic rings. The number of thiazole rings is 1. The Morgan fingerprint density at radius 1 is 1.14 bits per heavy atom. The van der Waals surface area contributed by atoms with Crippen LogP contribution in [0.1, 0.15) is 46.1 Å². The smallest absolute Gasteiger partial charge is 0.257 e. The maximum Gasteiger partial charge on any atom is 0.257 e. The number of hydrogen-bond donors (Lipinski definition) is 1. The normalized spacial score (nSPS) is 19.6. The average Bonchev–Trinajstić information content (AvgIpc) is 3.35. The minimum absolute atomic E-state index is 0.139. The van der Waals surface area contributed by atoms with Gasteiger partial charge in [-0.1, -0.05) is 24.3 Å². The van der Waals surface area contributed by atoms with Gasteiger partial charge in [-0.3, -0.25) is 15.0 Å². The van der Waals surface area contributed by atoms with E-state index in [2.05, 4.69) is 27.7 Å². The van der Waals surface area contributed by atoms with Crippen molar-refractivity contribution in [2.45, 2.75) is 32.0 Å².